The van der Waals surface area contributed by atoms with Crippen molar-refractivity contribution in [2.24, 2.45) is 0 Å². The topological polar surface area (TPSA) is 64.6 Å². The van der Waals surface area contributed by atoms with Crippen LogP contribution >= 0.6 is 11.8 Å². The first-order valence-electron chi connectivity index (χ1n) is 7.46. The predicted octanol–water partition coefficient (Wildman–Crippen LogP) is 3.41. The van der Waals surface area contributed by atoms with Gasteiger partial charge in [0.25, 0.3) is 5.91 Å². The van der Waals surface area contributed by atoms with Gasteiger partial charge in [0.15, 0.2) is 6.10 Å². The number of ether oxygens (including phenoxy) is 2. The van der Waals surface area contributed by atoms with Crippen LogP contribution in [0.5, 0.6) is 5.75 Å². The van der Waals surface area contributed by atoms with E-state index in [1.54, 1.807) is 7.11 Å². The van der Waals surface area contributed by atoms with E-state index in [9.17, 15) is 9.59 Å². The first kappa shape index (κ1) is 16.4. The second kappa shape index (κ2) is 6.97. The summed E-state index contributed by atoms with van der Waals surface area (Å²) < 4.78 is 10.5. The zero-order valence-electron chi connectivity index (χ0n) is 13.3. The number of carbonyl (C=O) groups is 2. The first-order valence-corrected chi connectivity index (χ1v) is 8.34. The number of amides is 1. The number of hydrogen-bond donors (Lipinski definition) is 1. The second-order valence-corrected chi connectivity index (χ2v) is 6.51. The van der Waals surface area contributed by atoms with E-state index < -0.39 is 12.1 Å². The fraction of sp³-hybridized carbons (Fsp3) is 0.222. The van der Waals surface area contributed by atoms with Crippen molar-refractivity contribution >= 4 is 29.3 Å². The zero-order valence-corrected chi connectivity index (χ0v) is 14.1. The second-order valence-electron chi connectivity index (χ2n) is 5.33. The van der Waals surface area contributed by atoms with Crippen molar-refractivity contribution in [1.82, 2.24) is 0 Å². The van der Waals surface area contributed by atoms with Crippen LogP contribution in [0.25, 0.3) is 0 Å². The predicted molar refractivity (Wildman–Crippen MR) is 92.2 cm³/mol. The van der Waals surface area contributed by atoms with Crippen LogP contribution in [0.15, 0.2) is 53.4 Å². The Morgan fingerprint density at radius 1 is 1.12 bits per heavy atom. The van der Waals surface area contributed by atoms with Crippen LogP contribution in [0.3, 0.4) is 0 Å². The van der Waals surface area contributed by atoms with Gasteiger partial charge in [0.1, 0.15) is 5.75 Å². The fourth-order valence-corrected chi connectivity index (χ4v) is 3.82. The molecule has 3 rings (SSSR count). The number of benzene rings is 2. The lowest BCUT2D eigenvalue weighted by Gasteiger charge is -2.23. The highest BCUT2D eigenvalue weighted by Crippen LogP contribution is 2.44. The van der Waals surface area contributed by atoms with E-state index in [1.807, 2.05) is 48.5 Å². The number of thioether (sulfide) groups is 1. The maximum atomic E-state index is 12.6. The van der Waals surface area contributed by atoms with E-state index in [2.05, 4.69) is 5.32 Å². The largest absolute Gasteiger partial charge is 0.497 e. The Morgan fingerprint density at radius 3 is 2.50 bits per heavy atom. The first-order chi connectivity index (χ1) is 11.6. The summed E-state index contributed by atoms with van der Waals surface area (Å²) in [7, 11) is 1.60. The molecule has 0 fully saturated rings. The lowest BCUT2D eigenvalue weighted by molar-refractivity contribution is -0.152. The van der Waals surface area contributed by atoms with Crippen molar-refractivity contribution in [3.8, 4) is 5.75 Å². The summed E-state index contributed by atoms with van der Waals surface area (Å²) in [6.45, 7) is 1.31. The summed E-state index contributed by atoms with van der Waals surface area (Å²) in [5.41, 5.74) is 1.61. The van der Waals surface area contributed by atoms with Crippen molar-refractivity contribution in [1.29, 1.82) is 0 Å². The van der Waals surface area contributed by atoms with Crippen molar-refractivity contribution in [2.45, 2.75) is 23.2 Å². The number of esters is 1. The van der Waals surface area contributed by atoms with Crippen molar-refractivity contribution in [3.63, 3.8) is 0 Å². The highest BCUT2D eigenvalue weighted by Gasteiger charge is 2.36. The summed E-state index contributed by atoms with van der Waals surface area (Å²) in [4.78, 5) is 25.0. The average Bonchev–Trinajstić information content (AvgIpc) is 2.72. The highest BCUT2D eigenvalue weighted by molar-refractivity contribution is 7.99. The van der Waals surface area contributed by atoms with Crippen molar-refractivity contribution in [3.05, 3.63) is 54.1 Å². The van der Waals surface area contributed by atoms with Gasteiger partial charge in [0, 0.05) is 11.8 Å². The third-order valence-corrected chi connectivity index (χ3v) is 5.05. The molecule has 0 bridgehead atoms. The number of rotatable bonds is 3. The van der Waals surface area contributed by atoms with Crippen LogP contribution in [0.4, 0.5) is 5.69 Å². The van der Waals surface area contributed by atoms with Crippen LogP contribution < -0.4 is 10.1 Å². The van der Waals surface area contributed by atoms with Crippen LogP contribution in [-0.2, 0) is 14.3 Å². The molecule has 0 spiro atoms. The van der Waals surface area contributed by atoms with Crippen molar-refractivity contribution in [2.75, 3.05) is 12.4 Å². The smallest absolute Gasteiger partial charge is 0.303 e. The molecular formula is C18H17NO4S. The average molecular weight is 343 g/mol. The third-order valence-electron chi connectivity index (χ3n) is 3.67. The molecule has 6 heteroatoms. The molecular weight excluding hydrogens is 326 g/mol. The summed E-state index contributed by atoms with van der Waals surface area (Å²) in [6, 6.07) is 15.0. The molecule has 2 aromatic carbocycles. The number of anilines is 1. The number of carbonyl (C=O) groups excluding carboxylic acids is 2. The van der Waals surface area contributed by atoms with Crippen LogP contribution in [0.1, 0.15) is 17.7 Å². The summed E-state index contributed by atoms with van der Waals surface area (Å²) in [5.74, 6) is -0.0880. The van der Waals surface area contributed by atoms with Crippen molar-refractivity contribution < 1.29 is 19.1 Å². The molecule has 0 aliphatic carbocycles. The molecule has 1 N–H and O–H groups in total. The Labute approximate surface area is 144 Å². The molecule has 2 unspecified atom stereocenters. The van der Waals surface area contributed by atoms with E-state index in [0.29, 0.717) is 0 Å². The lowest BCUT2D eigenvalue weighted by atomic mass is 10.1. The van der Waals surface area contributed by atoms with Crippen LogP contribution in [0, 0.1) is 0 Å². The van der Waals surface area contributed by atoms with Crippen LogP contribution in [0.2, 0.25) is 0 Å². The standard InChI is InChI=1S/C18H17NO4S/c1-11(20)23-16-17(12-7-9-13(22-2)10-8-12)24-15-6-4-3-5-14(15)19-18(16)21/h3-10,16-17H,1-2H3,(H,19,21). The minimum absolute atomic E-state index is 0.330. The minimum Gasteiger partial charge on any atom is -0.497 e. The van der Waals surface area contributed by atoms with Gasteiger partial charge in [0.05, 0.1) is 18.0 Å². The van der Waals surface area contributed by atoms with Crippen LogP contribution in [-0.4, -0.2) is 25.1 Å². The number of fused-ring (bicyclic) bond motifs is 1. The number of methoxy groups -OCH3 is 1. The molecule has 2 aromatic rings. The lowest BCUT2D eigenvalue weighted by Crippen LogP contribution is -2.34. The van der Waals surface area contributed by atoms with Gasteiger partial charge in [-0.05, 0) is 29.8 Å². The Bertz CT molecular complexity index is 760. The number of nitrogens with one attached hydrogen (secondary N) is 1. The van der Waals surface area contributed by atoms with E-state index in [1.165, 1.54) is 18.7 Å². The van der Waals surface area contributed by atoms with Gasteiger partial charge in [-0.1, -0.05) is 24.3 Å². The van der Waals surface area contributed by atoms with E-state index in [0.717, 1.165) is 21.9 Å². The Hall–Kier alpha value is -2.47. The Morgan fingerprint density at radius 2 is 1.83 bits per heavy atom. The van der Waals surface area contributed by atoms with Gasteiger partial charge < -0.3 is 14.8 Å². The molecule has 2 atom stereocenters. The fourth-order valence-electron chi connectivity index (χ4n) is 2.54. The molecule has 124 valence electrons. The summed E-state index contributed by atoms with van der Waals surface area (Å²) in [6.07, 6.45) is -0.909. The molecule has 0 radical (unpaired) electrons. The Balaban J connectivity index is 2.02. The molecule has 0 aromatic heterocycles. The van der Waals surface area contributed by atoms with Gasteiger partial charge in [-0.25, -0.2) is 0 Å². The third kappa shape index (κ3) is 3.38. The molecule has 1 aliphatic heterocycles. The SMILES string of the molecule is COc1ccc(C2Sc3ccccc3NC(=O)C2OC(C)=O)cc1. The van der Waals surface area contributed by atoms with Gasteiger partial charge in [-0.15, -0.1) is 11.8 Å². The van der Waals surface area contributed by atoms with E-state index in [-0.39, 0.29) is 11.2 Å². The molecule has 0 saturated heterocycles. The molecule has 1 heterocycles. The molecule has 5 nitrogen and oxygen atoms in total. The molecule has 1 aliphatic rings. The minimum atomic E-state index is -0.909. The summed E-state index contributed by atoms with van der Waals surface area (Å²) in [5, 5.41) is 2.49. The monoisotopic (exact) mass is 343 g/mol. The van der Waals surface area contributed by atoms with Gasteiger partial charge in [0.2, 0.25) is 0 Å². The quantitative estimate of drug-likeness (QED) is 0.865. The zero-order chi connectivity index (χ0) is 17.1. The van der Waals surface area contributed by atoms with E-state index >= 15 is 0 Å². The van der Waals surface area contributed by atoms with E-state index in [4.69, 9.17) is 9.47 Å². The van der Waals surface area contributed by atoms with Gasteiger partial charge in [-0.3, -0.25) is 9.59 Å². The normalized spacial score (nSPS) is 19.7. The molecule has 1 amide bonds. The summed E-state index contributed by atoms with van der Waals surface area (Å²) >= 11 is 1.50. The molecule has 0 saturated carbocycles. The Kier molecular flexibility index (Phi) is 4.76. The van der Waals surface area contributed by atoms with Gasteiger partial charge in [-0.2, -0.15) is 0 Å². The highest BCUT2D eigenvalue weighted by atomic mass is 32.2. The number of hydrogen-bond acceptors (Lipinski definition) is 5. The maximum Gasteiger partial charge on any atom is 0.303 e. The molecule has 24 heavy (non-hydrogen) atoms. The van der Waals surface area contributed by atoms with Gasteiger partial charge >= 0.3 is 5.97 Å². The number of para-hydroxylation sites is 1. The maximum absolute atomic E-state index is 12.6.